The molecule has 0 radical (unpaired) electrons. The van der Waals surface area contributed by atoms with Gasteiger partial charge in [-0.1, -0.05) is 60.7 Å². The van der Waals surface area contributed by atoms with Crippen LogP contribution in [0.1, 0.15) is 28.4 Å². The maximum atomic E-state index is 10.8. The van der Waals surface area contributed by atoms with Crippen molar-refractivity contribution in [1.29, 1.82) is 0 Å². The highest BCUT2D eigenvalue weighted by Gasteiger charge is 2.22. The van der Waals surface area contributed by atoms with E-state index < -0.39 is 6.10 Å². The molecule has 5 nitrogen and oxygen atoms in total. The lowest BCUT2D eigenvalue weighted by molar-refractivity contribution is -0.0101. The molecule has 1 aliphatic heterocycles. The van der Waals surface area contributed by atoms with Crippen molar-refractivity contribution in [3.63, 3.8) is 0 Å². The average Bonchev–Trinajstić information content (AvgIpc) is 2.84. The van der Waals surface area contributed by atoms with Crippen LogP contribution in [0.2, 0.25) is 0 Å². The van der Waals surface area contributed by atoms with Crippen molar-refractivity contribution in [2.24, 2.45) is 0 Å². The fourth-order valence-corrected chi connectivity index (χ4v) is 4.30. The van der Waals surface area contributed by atoms with Gasteiger partial charge in [0.1, 0.15) is 6.10 Å². The highest BCUT2D eigenvalue weighted by molar-refractivity contribution is 5.48. The van der Waals surface area contributed by atoms with Gasteiger partial charge in [-0.15, -0.1) is 0 Å². The second kappa shape index (κ2) is 10.6. The van der Waals surface area contributed by atoms with Gasteiger partial charge in [0, 0.05) is 19.6 Å². The van der Waals surface area contributed by atoms with Crippen LogP contribution in [0.5, 0.6) is 11.5 Å². The first-order valence-corrected chi connectivity index (χ1v) is 11.0. The molecule has 0 amide bonds. The van der Waals surface area contributed by atoms with E-state index in [2.05, 4.69) is 35.2 Å². The van der Waals surface area contributed by atoms with E-state index in [-0.39, 0.29) is 12.7 Å². The van der Waals surface area contributed by atoms with E-state index in [4.69, 9.17) is 14.2 Å². The van der Waals surface area contributed by atoms with Gasteiger partial charge in [0.2, 0.25) is 0 Å². The van der Waals surface area contributed by atoms with Crippen LogP contribution in [0.3, 0.4) is 0 Å². The molecule has 32 heavy (non-hydrogen) atoms. The van der Waals surface area contributed by atoms with Crippen molar-refractivity contribution in [1.82, 2.24) is 4.90 Å². The first-order valence-electron chi connectivity index (χ1n) is 11.0. The van der Waals surface area contributed by atoms with Gasteiger partial charge in [0.25, 0.3) is 0 Å². The molecule has 0 unspecified atom stereocenters. The first kappa shape index (κ1) is 22.3. The molecular formula is C27H31NO4. The molecule has 0 saturated carbocycles. The van der Waals surface area contributed by atoms with E-state index in [1.54, 1.807) is 14.2 Å². The van der Waals surface area contributed by atoms with E-state index in [1.165, 1.54) is 11.1 Å². The Hall–Kier alpha value is -2.86. The Kier molecular flexibility index (Phi) is 7.43. The second-order valence-corrected chi connectivity index (χ2v) is 8.15. The molecule has 0 aromatic heterocycles. The predicted octanol–water partition coefficient (Wildman–Crippen LogP) is 4.23. The van der Waals surface area contributed by atoms with Gasteiger partial charge >= 0.3 is 0 Å². The molecule has 1 N–H and O–H groups in total. The SMILES string of the molecule is COc1cc2c(cc1OC)CN(C[C@H](O)COC(c1ccccc1)c1ccccc1)CC2. The monoisotopic (exact) mass is 433 g/mol. The zero-order chi connectivity index (χ0) is 22.3. The third-order valence-electron chi connectivity index (χ3n) is 5.93. The Morgan fingerprint density at radius 3 is 1.97 bits per heavy atom. The van der Waals surface area contributed by atoms with E-state index in [0.29, 0.717) is 6.54 Å². The van der Waals surface area contributed by atoms with Crippen LogP contribution in [-0.4, -0.2) is 50.0 Å². The lowest BCUT2D eigenvalue weighted by Crippen LogP contribution is -2.38. The van der Waals surface area contributed by atoms with Crippen molar-refractivity contribution in [3.8, 4) is 11.5 Å². The van der Waals surface area contributed by atoms with Gasteiger partial charge in [-0.2, -0.15) is 0 Å². The molecule has 4 rings (SSSR count). The first-order chi connectivity index (χ1) is 15.7. The summed E-state index contributed by atoms with van der Waals surface area (Å²) in [5.41, 5.74) is 4.66. The van der Waals surface area contributed by atoms with E-state index in [1.807, 2.05) is 42.5 Å². The van der Waals surface area contributed by atoms with Crippen LogP contribution in [0, 0.1) is 0 Å². The fourth-order valence-electron chi connectivity index (χ4n) is 4.30. The topological polar surface area (TPSA) is 51.2 Å². The zero-order valence-electron chi connectivity index (χ0n) is 18.7. The number of β-amino-alcohol motifs (C(OH)–C–C–N with tert-alkyl or cyclic N) is 1. The summed E-state index contributed by atoms with van der Waals surface area (Å²) in [6.07, 6.45) is 0.136. The maximum Gasteiger partial charge on any atom is 0.161 e. The fraction of sp³-hybridized carbons (Fsp3) is 0.333. The Labute approximate surface area is 190 Å². The van der Waals surface area contributed by atoms with Gasteiger partial charge in [-0.3, -0.25) is 4.90 Å². The Morgan fingerprint density at radius 1 is 0.844 bits per heavy atom. The molecule has 1 heterocycles. The Balaban J connectivity index is 1.39. The van der Waals surface area contributed by atoms with Gasteiger partial charge in [-0.05, 0) is 40.8 Å². The second-order valence-electron chi connectivity index (χ2n) is 8.15. The summed E-state index contributed by atoms with van der Waals surface area (Å²) in [6.45, 7) is 2.49. The number of methoxy groups -OCH3 is 2. The molecule has 3 aromatic rings. The van der Waals surface area contributed by atoms with Crippen LogP contribution < -0.4 is 9.47 Å². The molecule has 5 heteroatoms. The maximum absolute atomic E-state index is 10.8. The number of aliphatic hydroxyl groups excluding tert-OH is 1. The standard InChI is InChI=1S/C27H31NO4/c1-30-25-15-22-13-14-28(17-23(22)16-26(25)31-2)18-24(29)19-32-27(20-9-5-3-6-10-20)21-11-7-4-8-12-21/h3-12,15-16,24,27,29H,13-14,17-19H2,1-2H3/t24-/m0/s1. The van der Waals surface area contributed by atoms with Crippen LogP contribution in [0.25, 0.3) is 0 Å². The molecule has 0 bridgehead atoms. The Bertz CT molecular complexity index is 954. The molecule has 1 aliphatic rings. The van der Waals surface area contributed by atoms with E-state index >= 15 is 0 Å². The van der Waals surface area contributed by atoms with Gasteiger partial charge in [0.15, 0.2) is 11.5 Å². The number of fused-ring (bicyclic) bond motifs is 1. The van der Waals surface area contributed by atoms with Crippen molar-refractivity contribution in [3.05, 3.63) is 95.1 Å². The summed E-state index contributed by atoms with van der Waals surface area (Å²) < 4.78 is 17.1. The number of aliphatic hydroxyl groups is 1. The van der Waals surface area contributed by atoms with E-state index in [0.717, 1.165) is 42.1 Å². The quantitative estimate of drug-likeness (QED) is 0.547. The molecule has 0 spiro atoms. The van der Waals surface area contributed by atoms with Crippen molar-refractivity contribution >= 4 is 0 Å². The van der Waals surface area contributed by atoms with Crippen molar-refractivity contribution in [2.75, 3.05) is 33.9 Å². The molecule has 3 aromatic carbocycles. The Morgan fingerprint density at radius 2 is 1.41 bits per heavy atom. The minimum atomic E-state index is -0.577. The molecule has 0 fully saturated rings. The highest BCUT2D eigenvalue weighted by Crippen LogP contribution is 2.33. The molecule has 168 valence electrons. The van der Waals surface area contributed by atoms with Gasteiger partial charge in [-0.25, -0.2) is 0 Å². The third kappa shape index (κ3) is 5.30. The predicted molar refractivity (Wildman–Crippen MR) is 125 cm³/mol. The number of rotatable bonds is 9. The number of nitrogens with zero attached hydrogens (tertiary/aromatic N) is 1. The lowest BCUT2D eigenvalue weighted by Gasteiger charge is -2.31. The largest absolute Gasteiger partial charge is 0.493 e. The normalized spacial score (nSPS) is 14.8. The minimum absolute atomic E-state index is 0.203. The van der Waals surface area contributed by atoms with Crippen molar-refractivity contribution in [2.45, 2.75) is 25.2 Å². The summed E-state index contributed by atoms with van der Waals surface area (Å²) >= 11 is 0. The summed E-state index contributed by atoms with van der Waals surface area (Å²) in [6, 6.07) is 24.4. The molecule has 0 aliphatic carbocycles. The number of hydrogen-bond acceptors (Lipinski definition) is 5. The molecule has 1 atom stereocenters. The van der Waals surface area contributed by atoms with Crippen LogP contribution >= 0.6 is 0 Å². The van der Waals surface area contributed by atoms with Crippen LogP contribution in [0.15, 0.2) is 72.8 Å². The zero-order valence-corrected chi connectivity index (χ0v) is 18.7. The minimum Gasteiger partial charge on any atom is -0.493 e. The number of ether oxygens (including phenoxy) is 3. The van der Waals surface area contributed by atoms with E-state index in [9.17, 15) is 5.11 Å². The number of hydrogen-bond donors (Lipinski definition) is 1. The van der Waals surface area contributed by atoms with Gasteiger partial charge < -0.3 is 19.3 Å². The number of benzene rings is 3. The molecule has 0 saturated heterocycles. The van der Waals surface area contributed by atoms with Crippen LogP contribution in [0.4, 0.5) is 0 Å². The third-order valence-corrected chi connectivity index (χ3v) is 5.93. The van der Waals surface area contributed by atoms with Gasteiger partial charge in [0.05, 0.1) is 26.9 Å². The van der Waals surface area contributed by atoms with Crippen LogP contribution in [-0.2, 0) is 17.7 Å². The average molecular weight is 434 g/mol. The smallest absolute Gasteiger partial charge is 0.161 e. The summed E-state index contributed by atoms with van der Waals surface area (Å²) in [5.74, 6) is 1.51. The lowest BCUT2D eigenvalue weighted by atomic mass is 9.98. The summed E-state index contributed by atoms with van der Waals surface area (Å²) in [5, 5.41) is 10.8. The summed E-state index contributed by atoms with van der Waals surface area (Å²) in [4.78, 5) is 2.27. The highest BCUT2D eigenvalue weighted by atomic mass is 16.5. The summed E-state index contributed by atoms with van der Waals surface area (Å²) in [7, 11) is 3.32. The molecular weight excluding hydrogens is 402 g/mol. The van der Waals surface area contributed by atoms with Crippen molar-refractivity contribution < 1.29 is 19.3 Å².